The van der Waals surface area contributed by atoms with Gasteiger partial charge in [0.1, 0.15) is 12.6 Å². The van der Waals surface area contributed by atoms with Gasteiger partial charge in [-0.25, -0.2) is 8.42 Å². The minimum absolute atomic E-state index is 0.0401. The van der Waals surface area contributed by atoms with Crippen molar-refractivity contribution in [3.63, 3.8) is 0 Å². The van der Waals surface area contributed by atoms with E-state index in [1.165, 1.54) is 17.0 Å². The highest BCUT2D eigenvalue weighted by atomic mass is 35.5. The van der Waals surface area contributed by atoms with E-state index in [9.17, 15) is 18.0 Å². The number of sulfonamides is 1. The summed E-state index contributed by atoms with van der Waals surface area (Å²) in [7, 11) is -4.10. The molecule has 0 spiro atoms. The van der Waals surface area contributed by atoms with Gasteiger partial charge in [-0.3, -0.25) is 13.9 Å². The van der Waals surface area contributed by atoms with Crippen molar-refractivity contribution in [1.29, 1.82) is 0 Å². The fourth-order valence-electron chi connectivity index (χ4n) is 4.08. The number of rotatable bonds is 11. The fourth-order valence-corrected chi connectivity index (χ4v) is 5.83. The van der Waals surface area contributed by atoms with E-state index in [0.29, 0.717) is 34.3 Å². The molecule has 0 bridgehead atoms. The highest BCUT2D eigenvalue weighted by Gasteiger charge is 2.33. The average molecular weight is 577 g/mol. The quantitative estimate of drug-likeness (QED) is 0.330. The molecule has 38 heavy (non-hydrogen) atoms. The third-order valence-corrected chi connectivity index (χ3v) is 8.50. The Morgan fingerprint density at radius 3 is 2.24 bits per heavy atom. The Morgan fingerprint density at radius 2 is 1.63 bits per heavy atom. The summed E-state index contributed by atoms with van der Waals surface area (Å²) in [6, 6.07) is 19.0. The first-order chi connectivity index (χ1) is 18.1. The van der Waals surface area contributed by atoms with Crippen molar-refractivity contribution in [3.05, 3.63) is 94.0 Å². The Labute approximate surface area is 234 Å². The van der Waals surface area contributed by atoms with Gasteiger partial charge in [0.2, 0.25) is 11.8 Å². The summed E-state index contributed by atoms with van der Waals surface area (Å²) in [4.78, 5) is 28.4. The van der Waals surface area contributed by atoms with Gasteiger partial charge < -0.3 is 10.2 Å². The van der Waals surface area contributed by atoms with Gasteiger partial charge in [-0.2, -0.15) is 0 Å². The van der Waals surface area contributed by atoms with Crippen LogP contribution >= 0.6 is 23.2 Å². The molecule has 0 aliphatic rings. The number of carbonyl (C=O) groups excluding carboxylic acids is 2. The van der Waals surface area contributed by atoms with Crippen molar-refractivity contribution in [3.8, 4) is 0 Å². The Kier molecular flexibility index (Phi) is 10.2. The van der Waals surface area contributed by atoms with Gasteiger partial charge in [-0.05, 0) is 67.8 Å². The summed E-state index contributed by atoms with van der Waals surface area (Å²) in [5.74, 6) is -0.855. The lowest BCUT2D eigenvalue weighted by atomic mass is 10.1. The number of nitrogens with zero attached hydrogens (tertiary/aromatic N) is 2. The molecule has 0 saturated heterocycles. The van der Waals surface area contributed by atoms with E-state index in [1.807, 2.05) is 13.0 Å². The van der Waals surface area contributed by atoms with E-state index in [-0.39, 0.29) is 17.3 Å². The number of halogens is 2. The fraction of sp³-hybridized carbons (Fsp3) is 0.286. The molecule has 0 fully saturated rings. The molecule has 0 heterocycles. The number of benzene rings is 3. The van der Waals surface area contributed by atoms with E-state index in [0.717, 1.165) is 9.87 Å². The molecular weight excluding hydrogens is 545 g/mol. The zero-order valence-corrected chi connectivity index (χ0v) is 23.9. The van der Waals surface area contributed by atoms with Gasteiger partial charge in [0.05, 0.1) is 20.6 Å². The molecule has 0 radical (unpaired) electrons. The molecule has 7 nitrogen and oxygen atoms in total. The van der Waals surface area contributed by atoms with Crippen LogP contribution in [0.25, 0.3) is 0 Å². The summed E-state index contributed by atoms with van der Waals surface area (Å²) < 4.78 is 28.6. The van der Waals surface area contributed by atoms with E-state index < -0.39 is 28.5 Å². The van der Waals surface area contributed by atoms with E-state index in [1.54, 1.807) is 68.4 Å². The van der Waals surface area contributed by atoms with Gasteiger partial charge in [0.25, 0.3) is 10.0 Å². The lowest BCUT2D eigenvalue weighted by Crippen LogP contribution is -2.52. The van der Waals surface area contributed by atoms with Crippen molar-refractivity contribution in [2.75, 3.05) is 17.4 Å². The predicted octanol–water partition coefficient (Wildman–Crippen LogP) is 5.44. The molecule has 2 amide bonds. The second-order valence-corrected chi connectivity index (χ2v) is 11.4. The van der Waals surface area contributed by atoms with Crippen LogP contribution in [0.4, 0.5) is 5.69 Å². The summed E-state index contributed by atoms with van der Waals surface area (Å²) in [6.45, 7) is 5.37. The number of amides is 2. The van der Waals surface area contributed by atoms with E-state index in [2.05, 4.69) is 5.32 Å². The maximum atomic E-state index is 13.9. The maximum Gasteiger partial charge on any atom is 0.264 e. The van der Waals surface area contributed by atoms with Gasteiger partial charge in [-0.1, -0.05) is 66.5 Å². The average Bonchev–Trinajstić information content (AvgIpc) is 2.89. The first kappa shape index (κ1) is 29.5. The van der Waals surface area contributed by atoms with Crippen LogP contribution in [0.15, 0.2) is 77.7 Å². The standard InChI is InChI=1S/C28H31Cl2N3O4S/c1-4-26(28(35)31-5-2)32(18-21-14-15-24(29)25(30)17-21)27(34)19-33(22-11-9-10-20(3)16-22)38(36,37)23-12-7-6-8-13-23/h6-17,26H,4-5,18-19H2,1-3H3,(H,31,35). The Balaban J connectivity index is 2.06. The van der Waals surface area contributed by atoms with Crippen molar-refractivity contribution in [2.45, 2.75) is 44.7 Å². The Hall–Kier alpha value is -3.07. The van der Waals surface area contributed by atoms with Crippen molar-refractivity contribution in [2.24, 2.45) is 0 Å². The first-order valence-corrected chi connectivity index (χ1v) is 14.4. The first-order valence-electron chi connectivity index (χ1n) is 12.2. The molecule has 3 aromatic rings. The second-order valence-electron chi connectivity index (χ2n) is 8.75. The molecule has 0 saturated carbocycles. The molecule has 0 aliphatic heterocycles. The van der Waals surface area contributed by atoms with Crippen LogP contribution in [-0.4, -0.2) is 44.3 Å². The smallest absolute Gasteiger partial charge is 0.264 e. The third-order valence-electron chi connectivity index (χ3n) is 5.97. The summed E-state index contributed by atoms with van der Waals surface area (Å²) >= 11 is 12.3. The van der Waals surface area contributed by atoms with Gasteiger partial charge in [-0.15, -0.1) is 0 Å². The third kappa shape index (κ3) is 7.07. The number of anilines is 1. The zero-order chi connectivity index (χ0) is 27.9. The topological polar surface area (TPSA) is 86.8 Å². The van der Waals surface area contributed by atoms with Gasteiger partial charge in [0, 0.05) is 13.1 Å². The molecule has 202 valence electrons. The van der Waals surface area contributed by atoms with Crippen LogP contribution in [0.1, 0.15) is 31.4 Å². The van der Waals surface area contributed by atoms with Crippen molar-refractivity contribution >= 4 is 50.7 Å². The van der Waals surface area contributed by atoms with E-state index in [4.69, 9.17) is 23.2 Å². The normalized spacial score (nSPS) is 12.0. The highest BCUT2D eigenvalue weighted by Crippen LogP contribution is 2.27. The number of nitrogens with one attached hydrogen (secondary N) is 1. The number of hydrogen-bond acceptors (Lipinski definition) is 4. The molecule has 1 atom stereocenters. The van der Waals surface area contributed by atoms with Crippen LogP contribution in [0.2, 0.25) is 10.0 Å². The summed E-state index contributed by atoms with van der Waals surface area (Å²) in [6.07, 6.45) is 0.328. The van der Waals surface area contributed by atoms with Crippen molar-refractivity contribution < 1.29 is 18.0 Å². The molecule has 3 rings (SSSR count). The van der Waals surface area contributed by atoms with Crippen molar-refractivity contribution in [1.82, 2.24) is 10.2 Å². The molecule has 0 aliphatic carbocycles. The number of carbonyl (C=O) groups is 2. The van der Waals surface area contributed by atoms with Gasteiger partial charge >= 0.3 is 0 Å². The molecule has 1 unspecified atom stereocenters. The lowest BCUT2D eigenvalue weighted by Gasteiger charge is -2.33. The number of likely N-dealkylation sites (N-methyl/N-ethyl adjacent to an activating group) is 1. The minimum atomic E-state index is -4.10. The zero-order valence-electron chi connectivity index (χ0n) is 21.5. The summed E-state index contributed by atoms with van der Waals surface area (Å²) in [5.41, 5.74) is 1.84. The number of hydrogen-bond donors (Lipinski definition) is 1. The molecule has 0 aromatic heterocycles. The van der Waals surface area contributed by atoms with Crippen LogP contribution < -0.4 is 9.62 Å². The predicted molar refractivity (Wildman–Crippen MR) is 152 cm³/mol. The Bertz CT molecular complexity index is 1380. The molecular formula is C28H31Cl2N3O4S. The molecule has 1 N–H and O–H groups in total. The molecule has 3 aromatic carbocycles. The number of aryl methyl sites for hydroxylation is 1. The monoisotopic (exact) mass is 575 g/mol. The minimum Gasteiger partial charge on any atom is -0.355 e. The van der Waals surface area contributed by atoms with Gasteiger partial charge in [0.15, 0.2) is 0 Å². The summed E-state index contributed by atoms with van der Waals surface area (Å²) in [5, 5.41) is 3.45. The maximum absolute atomic E-state index is 13.9. The Morgan fingerprint density at radius 1 is 0.921 bits per heavy atom. The second kappa shape index (κ2) is 13.1. The van der Waals surface area contributed by atoms with E-state index >= 15 is 0 Å². The van der Waals surface area contributed by atoms with Crippen LogP contribution in [-0.2, 0) is 26.2 Å². The largest absolute Gasteiger partial charge is 0.355 e. The molecule has 10 heteroatoms. The van der Waals surface area contributed by atoms with Crippen LogP contribution in [0.5, 0.6) is 0 Å². The SMILES string of the molecule is CCNC(=O)C(CC)N(Cc1ccc(Cl)c(Cl)c1)C(=O)CN(c1cccc(C)c1)S(=O)(=O)c1ccccc1. The van der Waals surface area contributed by atoms with Crippen LogP contribution in [0.3, 0.4) is 0 Å². The van der Waals surface area contributed by atoms with Crippen LogP contribution in [0, 0.1) is 6.92 Å². The highest BCUT2D eigenvalue weighted by molar-refractivity contribution is 7.92. The lowest BCUT2D eigenvalue weighted by molar-refractivity contribution is -0.140.